The molecule has 0 aromatic heterocycles. The van der Waals surface area contributed by atoms with Crippen molar-refractivity contribution in [3.8, 4) is 0 Å². The van der Waals surface area contributed by atoms with Gasteiger partial charge in [0, 0.05) is 32.6 Å². The summed E-state index contributed by atoms with van der Waals surface area (Å²) in [5, 5.41) is 8.96. The number of nitrogens with zero attached hydrogens (tertiary/aromatic N) is 2. The standard InChI is InChI=1S/C13H20N2O4/c1-8(13(18)19)6-15(10-3-4-10)12(17)9-5-11(16)14(2)7-9/h8-10H,3-7H2,1-2H3,(H,18,19). The molecule has 1 saturated carbocycles. The lowest BCUT2D eigenvalue weighted by Gasteiger charge is -2.26. The van der Waals surface area contributed by atoms with Crippen LogP contribution in [0.5, 0.6) is 0 Å². The van der Waals surface area contributed by atoms with E-state index in [1.807, 2.05) is 0 Å². The molecule has 0 spiro atoms. The van der Waals surface area contributed by atoms with Crippen molar-refractivity contribution in [2.75, 3.05) is 20.1 Å². The molecule has 6 heteroatoms. The van der Waals surface area contributed by atoms with Gasteiger partial charge >= 0.3 is 5.97 Å². The molecule has 2 unspecified atom stereocenters. The average Bonchev–Trinajstić information content (AvgIpc) is 3.12. The van der Waals surface area contributed by atoms with Gasteiger partial charge in [-0.3, -0.25) is 14.4 Å². The lowest BCUT2D eigenvalue weighted by Crippen LogP contribution is -2.42. The van der Waals surface area contributed by atoms with Crippen LogP contribution in [0.1, 0.15) is 26.2 Å². The van der Waals surface area contributed by atoms with Gasteiger partial charge in [0.15, 0.2) is 0 Å². The molecule has 0 bridgehead atoms. The first kappa shape index (κ1) is 13.8. The highest BCUT2D eigenvalue weighted by Crippen LogP contribution is 2.30. The number of likely N-dealkylation sites (tertiary alicyclic amines) is 1. The lowest BCUT2D eigenvalue weighted by molar-refractivity contribution is -0.144. The summed E-state index contributed by atoms with van der Waals surface area (Å²) < 4.78 is 0. The highest BCUT2D eigenvalue weighted by molar-refractivity contribution is 5.89. The van der Waals surface area contributed by atoms with E-state index >= 15 is 0 Å². The Hall–Kier alpha value is -1.59. The minimum absolute atomic E-state index is 0.0135. The fraction of sp³-hybridized carbons (Fsp3) is 0.769. The van der Waals surface area contributed by atoms with Crippen LogP contribution in [0.4, 0.5) is 0 Å². The Balaban J connectivity index is 2.01. The van der Waals surface area contributed by atoms with E-state index in [1.54, 1.807) is 23.8 Å². The fourth-order valence-corrected chi connectivity index (χ4v) is 2.44. The normalized spacial score (nSPS) is 24.4. The van der Waals surface area contributed by atoms with Gasteiger partial charge in [-0.1, -0.05) is 6.92 Å². The monoisotopic (exact) mass is 268 g/mol. The number of carbonyl (C=O) groups is 3. The van der Waals surface area contributed by atoms with Crippen molar-refractivity contribution in [2.24, 2.45) is 11.8 Å². The summed E-state index contributed by atoms with van der Waals surface area (Å²) in [5.41, 5.74) is 0. The van der Waals surface area contributed by atoms with E-state index in [1.165, 1.54) is 0 Å². The maximum Gasteiger partial charge on any atom is 0.308 e. The lowest BCUT2D eigenvalue weighted by atomic mass is 10.1. The highest BCUT2D eigenvalue weighted by atomic mass is 16.4. The van der Waals surface area contributed by atoms with E-state index < -0.39 is 11.9 Å². The van der Waals surface area contributed by atoms with Crippen LogP contribution >= 0.6 is 0 Å². The molecule has 2 rings (SSSR count). The Morgan fingerprint density at radius 2 is 2.11 bits per heavy atom. The quantitative estimate of drug-likeness (QED) is 0.771. The maximum atomic E-state index is 12.4. The minimum atomic E-state index is -0.891. The number of aliphatic carboxylic acids is 1. The number of rotatable bonds is 5. The van der Waals surface area contributed by atoms with Crippen LogP contribution in [-0.2, 0) is 14.4 Å². The maximum absolute atomic E-state index is 12.4. The van der Waals surface area contributed by atoms with Crippen LogP contribution < -0.4 is 0 Å². The molecule has 2 aliphatic rings. The first-order chi connectivity index (χ1) is 8.90. The molecule has 1 aliphatic heterocycles. The van der Waals surface area contributed by atoms with Gasteiger partial charge in [0.2, 0.25) is 11.8 Å². The van der Waals surface area contributed by atoms with E-state index in [0.29, 0.717) is 6.54 Å². The molecule has 2 atom stereocenters. The summed E-state index contributed by atoms with van der Waals surface area (Å²) in [7, 11) is 1.69. The first-order valence-corrected chi connectivity index (χ1v) is 6.67. The van der Waals surface area contributed by atoms with Crippen molar-refractivity contribution in [1.82, 2.24) is 9.80 Å². The van der Waals surface area contributed by atoms with Crippen molar-refractivity contribution >= 4 is 17.8 Å². The summed E-state index contributed by atoms with van der Waals surface area (Å²) in [6.07, 6.45) is 2.13. The third-order valence-corrected chi connectivity index (χ3v) is 3.85. The van der Waals surface area contributed by atoms with Crippen LogP contribution in [0.25, 0.3) is 0 Å². The molecule has 0 aromatic carbocycles. The number of carboxylic acid groups (broad SMARTS) is 1. The predicted octanol–water partition coefficient (Wildman–Crippen LogP) is 0.176. The van der Waals surface area contributed by atoms with Gasteiger partial charge in [-0.15, -0.1) is 0 Å². The van der Waals surface area contributed by atoms with E-state index in [0.717, 1.165) is 12.8 Å². The third-order valence-electron chi connectivity index (χ3n) is 3.85. The Morgan fingerprint density at radius 3 is 2.53 bits per heavy atom. The molecule has 2 amide bonds. The van der Waals surface area contributed by atoms with E-state index in [9.17, 15) is 14.4 Å². The molecule has 6 nitrogen and oxygen atoms in total. The van der Waals surface area contributed by atoms with Gasteiger partial charge in [-0.2, -0.15) is 0 Å². The number of carboxylic acids is 1. The molecule has 1 aliphatic carbocycles. The molecule has 1 saturated heterocycles. The van der Waals surface area contributed by atoms with Gasteiger partial charge in [0.05, 0.1) is 11.8 Å². The van der Waals surface area contributed by atoms with E-state index in [2.05, 4.69) is 0 Å². The van der Waals surface area contributed by atoms with Crippen LogP contribution in [0.3, 0.4) is 0 Å². The largest absolute Gasteiger partial charge is 0.481 e. The Morgan fingerprint density at radius 1 is 1.47 bits per heavy atom. The molecular weight excluding hydrogens is 248 g/mol. The first-order valence-electron chi connectivity index (χ1n) is 6.67. The van der Waals surface area contributed by atoms with Crippen LogP contribution in [-0.4, -0.2) is 58.9 Å². The predicted molar refractivity (Wildman–Crippen MR) is 67.3 cm³/mol. The number of hydrogen-bond acceptors (Lipinski definition) is 3. The van der Waals surface area contributed by atoms with Crippen LogP contribution in [0.2, 0.25) is 0 Å². The Labute approximate surface area is 112 Å². The zero-order valence-electron chi connectivity index (χ0n) is 11.3. The summed E-state index contributed by atoms with van der Waals surface area (Å²) in [5.74, 6) is -1.84. The van der Waals surface area contributed by atoms with Crippen molar-refractivity contribution in [1.29, 1.82) is 0 Å². The Bertz CT molecular complexity index is 405. The van der Waals surface area contributed by atoms with Gasteiger partial charge in [0.25, 0.3) is 0 Å². The molecule has 0 aromatic rings. The smallest absolute Gasteiger partial charge is 0.308 e. The molecule has 1 heterocycles. The fourth-order valence-electron chi connectivity index (χ4n) is 2.44. The van der Waals surface area contributed by atoms with Crippen molar-refractivity contribution < 1.29 is 19.5 Å². The van der Waals surface area contributed by atoms with Crippen LogP contribution in [0.15, 0.2) is 0 Å². The molecule has 106 valence electrons. The van der Waals surface area contributed by atoms with Crippen molar-refractivity contribution in [3.05, 3.63) is 0 Å². The summed E-state index contributed by atoms with van der Waals surface area (Å²) in [6.45, 7) is 2.30. The number of carbonyl (C=O) groups excluding carboxylic acids is 2. The SMILES string of the molecule is CC(CN(C(=O)C1CC(=O)N(C)C1)C1CC1)C(=O)O. The average molecular weight is 268 g/mol. The third kappa shape index (κ3) is 3.05. The van der Waals surface area contributed by atoms with Gasteiger partial charge < -0.3 is 14.9 Å². The zero-order chi connectivity index (χ0) is 14.2. The zero-order valence-corrected chi connectivity index (χ0v) is 11.3. The van der Waals surface area contributed by atoms with Gasteiger partial charge in [-0.25, -0.2) is 0 Å². The summed E-state index contributed by atoms with van der Waals surface area (Å²) >= 11 is 0. The minimum Gasteiger partial charge on any atom is -0.481 e. The molecule has 2 fully saturated rings. The van der Waals surface area contributed by atoms with Gasteiger partial charge in [0.1, 0.15) is 0 Å². The summed E-state index contributed by atoms with van der Waals surface area (Å²) in [6, 6.07) is 0.176. The molecular formula is C13H20N2O4. The highest BCUT2D eigenvalue weighted by Gasteiger charge is 2.40. The van der Waals surface area contributed by atoms with Gasteiger partial charge in [-0.05, 0) is 12.8 Å². The molecule has 19 heavy (non-hydrogen) atoms. The van der Waals surface area contributed by atoms with E-state index in [-0.39, 0.29) is 36.7 Å². The second-order valence-electron chi connectivity index (χ2n) is 5.64. The molecule has 0 radical (unpaired) electrons. The molecule has 1 N–H and O–H groups in total. The van der Waals surface area contributed by atoms with E-state index in [4.69, 9.17) is 5.11 Å². The van der Waals surface area contributed by atoms with Crippen molar-refractivity contribution in [2.45, 2.75) is 32.2 Å². The second kappa shape index (κ2) is 5.19. The van der Waals surface area contributed by atoms with Crippen molar-refractivity contribution in [3.63, 3.8) is 0 Å². The van der Waals surface area contributed by atoms with Crippen LogP contribution in [0, 0.1) is 11.8 Å². The number of amides is 2. The number of hydrogen-bond donors (Lipinski definition) is 1. The summed E-state index contributed by atoms with van der Waals surface area (Å²) in [4.78, 5) is 38.1. The second-order valence-corrected chi connectivity index (χ2v) is 5.64. The Kier molecular flexibility index (Phi) is 3.78. The topological polar surface area (TPSA) is 77.9 Å².